The number of benzene rings is 2. The third-order valence-corrected chi connectivity index (χ3v) is 6.09. The van der Waals surface area contributed by atoms with Crippen molar-refractivity contribution in [2.24, 2.45) is 0 Å². The van der Waals surface area contributed by atoms with E-state index in [1.54, 1.807) is 26.2 Å². The van der Waals surface area contributed by atoms with Crippen molar-refractivity contribution in [3.8, 4) is 17.0 Å². The molecule has 0 spiro atoms. The lowest BCUT2D eigenvalue weighted by Crippen LogP contribution is -2.12. The molecular formula is C25H22N2O4S. The summed E-state index contributed by atoms with van der Waals surface area (Å²) < 4.78 is 10.3. The quantitative estimate of drug-likeness (QED) is 0.384. The van der Waals surface area contributed by atoms with E-state index < -0.39 is 0 Å². The zero-order chi connectivity index (χ0) is 22.7. The van der Waals surface area contributed by atoms with Gasteiger partial charge in [-0.1, -0.05) is 18.2 Å². The Kier molecular flexibility index (Phi) is 6.18. The molecule has 0 aliphatic heterocycles. The van der Waals surface area contributed by atoms with E-state index in [9.17, 15) is 9.59 Å². The van der Waals surface area contributed by atoms with Crippen molar-refractivity contribution in [3.63, 3.8) is 0 Å². The minimum atomic E-state index is -0.383. The van der Waals surface area contributed by atoms with Gasteiger partial charge in [-0.25, -0.2) is 9.78 Å². The third kappa shape index (κ3) is 4.33. The zero-order valence-corrected chi connectivity index (χ0v) is 18.8. The van der Waals surface area contributed by atoms with Crippen LogP contribution in [0.25, 0.3) is 22.2 Å². The van der Waals surface area contributed by atoms with Crippen LogP contribution in [0.4, 0.5) is 5.00 Å². The number of hydrogen-bond acceptors (Lipinski definition) is 6. The summed E-state index contributed by atoms with van der Waals surface area (Å²) in [6, 6.07) is 18.6. The van der Waals surface area contributed by atoms with Gasteiger partial charge in [0, 0.05) is 10.9 Å². The number of hydrogen-bond donors (Lipinski definition) is 1. The van der Waals surface area contributed by atoms with Gasteiger partial charge in [0.05, 0.1) is 35.5 Å². The molecular weight excluding hydrogens is 424 g/mol. The van der Waals surface area contributed by atoms with Crippen molar-refractivity contribution in [3.05, 3.63) is 76.7 Å². The molecule has 0 saturated carbocycles. The van der Waals surface area contributed by atoms with E-state index in [-0.39, 0.29) is 11.9 Å². The fraction of sp³-hybridized carbons (Fsp3) is 0.160. The normalized spacial score (nSPS) is 10.7. The third-order valence-electron chi connectivity index (χ3n) is 4.96. The van der Waals surface area contributed by atoms with E-state index in [1.165, 1.54) is 11.3 Å². The number of methoxy groups -OCH3 is 1. The van der Waals surface area contributed by atoms with Gasteiger partial charge in [-0.15, -0.1) is 11.3 Å². The molecule has 0 fully saturated rings. The van der Waals surface area contributed by atoms with Crippen LogP contribution in [-0.2, 0) is 4.74 Å². The van der Waals surface area contributed by atoms with Gasteiger partial charge in [-0.3, -0.25) is 4.79 Å². The molecule has 0 radical (unpaired) electrons. The van der Waals surface area contributed by atoms with Gasteiger partial charge in [-0.2, -0.15) is 0 Å². The fourth-order valence-electron chi connectivity index (χ4n) is 3.40. The number of carbonyl (C=O) groups is 2. The standard InChI is InChI=1S/C25H22N2O4S/c1-4-31-25(29)23-15(2)13-22(32-23)27-24(28)19-14-21(16-9-11-17(30-3)12-10-16)26-20-8-6-5-7-18(19)20/h5-14H,4H2,1-3H3,(H,27,28). The molecule has 6 nitrogen and oxygen atoms in total. The molecule has 2 aromatic heterocycles. The maximum absolute atomic E-state index is 13.3. The highest BCUT2D eigenvalue weighted by molar-refractivity contribution is 7.18. The number of nitrogens with one attached hydrogen (secondary N) is 1. The SMILES string of the molecule is CCOC(=O)c1sc(NC(=O)c2cc(-c3ccc(OC)cc3)nc3ccccc23)cc1C. The molecule has 1 amide bonds. The number of aryl methyl sites for hydroxylation is 1. The lowest BCUT2D eigenvalue weighted by Gasteiger charge is -2.10. The average Bonchev–Trinajstić information content (AvgIpc) is 3.18. The van der Waals surface area contributed by atoms with Gasteiger partial charge in [0.15, 0.2) is 0 Å². The Morgan fingerprint density at radius 2 is 1.81 bits per heavy atom. The second kappa shape index (κ2) is 9.20. The predicted octanol–water partition coefficient (Wildman–Crippen LogP) is 5.71. The van der Waals surface area contributed by atoms with Crippen LogP contribution >= 0.6 is 11.3 Å². The largest absolute Gasteiger partial charge is 0.497 e. The second-order valence-electron chi connectivity index (χ2n) is 7.10. The van der Waals surface area contributed by atoms with E-state index in [0.29, 0.717) is 27.7 Å². The van der Waals surface area contributed by atoms with E-state index >= 15 is 0 Å². The molecule has 4 aromatic rings. The molecule has 162 valence electrons. The monoisotopic (exact) mass is 446 g/mol. The molecule has 1 N–H and O–H groups in total. The van der Waals surface area contributed by atoms with E-state index in [2.05, 4.69) is 5.32 Å². The van der Waals surface area contributed by atoms with Gasteiger partial charge >= 0.3 is 5.97 Å². The van der Waals surface area contributed by atoms with Crippen molar-refractivity contribution in [1.82, 2.24) is 4.98 Å². The van der Waals surface area contributed by atoms with E-state index in [4.69, 9.17) is 14.5 Å². The zero-order valence-electron chi connectivity index (χ0n) is 18.0. The first-order valence-corrected chi connectivity index (χ1v) is 10.9. The van der Waals surface area contributed by atoms with Crippen LogP contribution in [0.1, 0.15) is 32.5 Å². The highest BCUT2D eigenvalue weighted by Crippen LogP contribution is 2.30. The number of amides is 1. The summed E-state index contributed by atoms with van der Waals surface area (Å²) in [6.45, 7) is 3.88. The van der Waals surface area contributed by atoms with E-state index in [0.717, 1.165) is 27.8 Å². The number of anilines is 1. The summed E-state index contributed by atoms with van der Waals surface area (Å²) in [5.41, 5.74) is 3.56. The average molecular weight is 447 g/mol. The maximum atomic E-state index is 13.3. The molecule has 7 heteroatoms. The smallest absolute Gasteiger partial charge is 0.348 e. The second-order valence-corrected chi connectivity index (χ2v) is 8.15. The molecule has 0 atom stereocenters. The number of pyridine rings is 1. The Hall–Kier alpha value is -3.71. The predicted molar refractivity (Wildman–Crippen MR) is 127 cm³/mol. The minimum absolute atomic E-state index is 0.268. The summed E-state index contributed by atoms with van der Waals surface area (Å²) >= 11 is 1.20. The number of aromatic nitrogens is 1. The molecule has 0 unspecified atom stereocenters. The highest BCUT2D eigenvalue weighted by atomic mass is 32.1. The number of nitrogens with zero attached hydrogens (tertiary/aromatic N) is 1. The van der Waals surface area contributed by atoms with Crippen LogP contribution in [0.5, 0.6) is 5.75 Å². The van der Waals surface area contributed by atoms with Crippen molar-refractivity contribution >= 4 is 39.1 Å². The molecule has 32 heavy (non-hydrogen) atoms. The van der Waals surface area contributed by atoms with Gasteiger partial charge in [0.1, 0.15) is 10.6 Å². The molecule has 0 aliphatic carbocycles. The molecule has 4 rings (SSSR count). The molecule has 2 aromatic carbocycles. The number of fused-ring (bicyclic) bond motifs is 1. The van der Waals surface area contributed by atoms with Crippen molar-refractivity contribution in [1.29, 1.82) is 0 Å². The van der Waals surface area contributed by atoms with Crippen molar-refractivity contribution < 1.29 is 19.1 Å². The minimum Gasteiger partial charge on any atom is -0.497 e. The first kappa shape index (κ1) is 21.5. The summed E-state index contributed by atoms with van der Waals surface area (Å²) in [6.07, 6.45) is 0. The van der Waals surface area contributed by atoms with Crippen LogP contribution in [0.2, 0.25) is 0 Å². The molecule has 2 heterocycles. The Morgan fingerprint density at radius 1 is 1.06 bits per heavy atom. The van der Waals surface area contributed by atoms with Crippen molar-refractivity contribution in [2.45, 2.75) is 13.8 Å². The Bertz CT molecular complexity index is 1300. The van der Waals surface area contributed by atoms with Crippen LogP contribution < -0.4 is 10.1 Å². The van der Waals surface area contributed by atoms with Gasteiger partial charge in [-0.05, 0) is 61.9 Å². The topological polar surface area (TPSA) is 77.5 Å². The number of thiophene rings is 1. The van der Waals surface area contributed by atoms with Crippen LogP contribution in [-0.4, -0.2) is 30.6 Å². The van der Waals surface area contributed by atoms with Crippen molar-refractivity contribution in [2.75, 3.05) is 19.0 Å². The summed E-state index contributed by atoms with van der Waals surface area (Å²) in [5, 5.41) is 4.27. The highest BCUT2D eigenvalue weighted by Gasteiger charge is 2.18. The fourth-order valence-corrected chi connectivity index (χ4v) is 4.36. The molecule has 0 bridgehead atoms. The van der Waals surface area contributed by atoms with Gasteiger partial charge in [0.2, 0.25) is 0 Å². The number of rotatable bonds is 6. The first-order valence-electron chi connectivity index (χ1n) is 10.1. The number of esters is 1. The molecule has 0 aliphatic rings. The van der Waals surface area contributed by atoms with Gasteiger partial charge < -0.3 is 14.8 Å². The Morgan fingerprint density at radius 3 is 2.53 bits per heavy atom. The number of carbonyl (C=O) groups excluding carboxylic acids is 2. The summed E-state index contributed by atoms with van der Waals surface area (Å²) in [5.74, 6) is 0.0969. The lowest BCUT2D eigenvalue weighted by molar-refractivity contribution is 0.0531. The van der Waals surface area contributed by atoms with Crippen LogP contribution in [0.3, 0.4) is 0 Å². The summed E-state index contributed by atoms with van der Waals surface area (Å²) in [4.78, 5) is 30.6. The van der Waals surface area contributed by atoms with Gasteiger partial charge in [0.25, 0.3) is 5.91 Å². The van der Waals surface area contributed by atoms with Crippen LogP contribution in [0.15, 0.2) is 60.7 Å². The van der Waals surface area contributed by atoms with E-state index in [1.807, 2.05) is 55.5 Å². The first-order chi connectivity index (χ1) is 15.5. The van der Waals surface area contributed by atoms with Crippen LogP contribution in [0, 0.1) is 6.92 Å². The maximum Gasteiger partial charge on any atom is 0.348 e. The molecule has 0 saturated heterocycles. The lowest BCUT2D eigenvalue weighted by atomic mass is 10.0. The Balaban J connectivity index is 1.70. The number of para-hydroxylation sites is 1. The number of ether oxygens (including phenoxy) is 2. The Labute approximate surface area is 189 Å². The summed E-state index contributed by atoms with van der Waals surface area (Å²) in [7, 11) is 1.62.